The highest BCUT2D eigenvalue weighted by Gasteiger charge is 2.22. The smallest absolute Gasteiger partial charge is 0.0640 e. The number of nitriles is 1. The number of anilines is 1. The van der Waals surface area contributed by atoms with E-state index in [1.54, 1.807) is 0 Å². The fourth-order valence-electron chi connectivity index (χ4n) is 3.32. The first-order chi connectivity index (χ1) is 11.6. The molecule has 0 unspecified atom stereocenters. The molecular weight excluding hydrogens is 300 g/mol. The van der Waals surface area contributed by atoms with Crippen molar-refractivity contribution in [1.82, 2.24) is 9.80 Å². The summed E-state index contributed by atoms with van der Waals surface area (Å²) in [6, 6.07) is 11.3. The summed E-state index contributed by atoms with van der Waals surface area (Å²) in [5, 5.41) is 18.1. The molecule has 1 heterocycles. The number of aliphatic hydroxyl groups is 1. The van der Waals surface area contributed by atoms with Crippen molar-refractivity contribution in [2.75, 3.05) is 51.8 Å². The number of aliphatic hydroxyl groups excluding tert-OH is 1. The monoisotopic (exact) mass is 330 g/mol. The topological polar surface area (TPSA) is 53.7 Å². The zero-order valence-corrected chi connectivity index (χ0v) is 15.0. The van der Waals surface area contributed by atoms with E-state index in [2.05, 4.69) is 52.1 Å². The van der Waals surface area contributed by atoms with E-state index in [1.165, 1.54) is 18.4 Å². The van der Waals surface area contributed by atoms with E-state index >= 15 is 0 Å². The lowest BCUT2D eigenvalue weighted by molar-refractivity contribution is 0.0941. The molecule has 1 aliphatic rings. The van der Waals surface area contributed by atoms with Crippen molar-refractivity contribution in [3.63, 3.8) is 0 Å². The van der Waals surface area contributed by atoms with Gasteiger partial charge in [0.1, 0.15) is 0 Å². The van der Waals surface area contributed by atoms with E-state index in [0.29, 0.717) is 12.5 Å². The Morgan fingerprint density at radius 1 is 1.21 bits per heavy atom. The molecule has 1 aromatic rings. The molecule has 1 N–H and O–H groups in total. The second-order valence-corrected chi connectivity index (χ2v) is 6.72. The van der Waals surface area contributed by atoms with Gasteiger partial charge in [-0.05, 0) is 50.7 Å². The Morgan fingerprint density at radius 3 is 2.46 bits per heavy atom. The Kier molecular flexibility index (Phi) is 7.51. The molecule has 1 saturated heterocycles. The van der Waals surface area contributed by atoms with Crippen LogP contribution in [0.5, 0.6) is 0 Å². The van der Waals surface area contributed by atoms with Crippen LogP contribution in [0.3, 0.4) is 0 Å². The molecule has 0 aromatic heterocycles. The van der Waals surface area contributed by atoms with Crippen LogP contribution in [-0.4, -0.2) is 67.8 Å². The molecule has 5 nitrogen and oxygen atoms in total. The maximum absolute atomic E-state index is 9.41. The van der Waals surface area contributed by atoms with Crippen LogP contribution in [0, 0.1) is 11.3 Å². The average Bonchev–Trinajstić information content (AvgIpc) is 2.60. The Bertz CT molecular complexity index is 517. The summed E-state index contributed by atoms with van der Waals surface area (Å²) in [4.78, 5) is 6.90. The Labute approximate surface area is 146 Å². The predicted molar refractivity (Wildman–Crippen MR) is 98.0 cm³/mol. The van der Waals surface area contributed by atoms with E-state index in [4.69, 9.17) is 5.26 Å². The van der Waals surface area contributed by atoms with Crippen molar-refractivity contribution < 1.29 is 5.11 Å². The summed E-state index contributed by atoms with van der Waals surface area (Å²) in [7, 11) is 4.19. The van der Waals surface area contributed by atoms with Gasteiger partial charge >= 0.3 is 0 Å². The van der Waals surface area contributed by atoms with Gasteiger partial charge in [0, 0.05) is 38.4 Å². The zero-order valence-electron chi connectivity index (χ0n) is 15.0. The second kappa shape index (κ2) is 9.63. The lowest BCUT2D eigenvalue weighted by Crippen LogP contribution is -2.44. The molecule has 1 aromatic carbocycles. The number of piperidine rings is 1. The highest BCUT2D eigenvalue weighted by Crippen LogP contribution is 2.20. The second-order valence-electron chi connectivity index (χ2n) is 6.72. The molecule has 0 bridgehead atoms. The van der Waals surface area contributed by atoms with E-state index in [0.717, 1.165) is 38.4 Å². The maximum Gasteiger partial charge on any atom is 0.0640 e. The van der Waals surface area contributed by atoms with Crippen LogP contribution in [0.25, 0.3) is 0 Å². The Morgan fingerprint density at radius 2 is 1.88 bits per heavy atom. The Balaban J connectivity index is 1.95. The van der Waals surface area contributed by atoms with Gasteiger partial charge in [-0.1, -0.05) is 12.1 Å². The van der Waals surface area contributed by atoms with Crippen molar-refractivity contribution in [1.29, 1.82) is 5.26 Å². The molecule has 132 valence electrons. The third-order valence-corrected chi connectivity index (χ3v) is 4.91. The van der Waals surface area contributed by atoms with Crippen LogP contribution < -0.4 is 4.90 Å². The van der Waals surface area contributed by atoms with Gasteiger partial charge in [0.2, 0.25) is 0 Å². The first kappa shape index (κ1) is 18.7. The van der Waals surface area contributed by atoms with Crippen molar-refractivity contribution in [2.45, 2.75) is 31.8 Å². The maximum atomic E-state index is 9.41. The van der Waals surface area contributed by atoms with Crippen molar-refractivity contribution in [2.24, 2.45) is 0 Å². The van der Waals surface area contributed by atoms with Gasteiger partial charge in [0.25, 0.3) is 0 Å². The summed E-state index contributed by atoms with van der Waals surface area (Å²) in [6.07, 6.45) is 2.88. The number of hydrogen-bond donors (Lipinski definition) is 1. The molecule has 0 atom stereocenters. The van der Waals surface area contributed by atoms with Crippen LogP contribution in [0.15, 0.2) is 24.3 Å². The van der Waals surface area contributed by atoms with Gasteiger partial charge in [-0.15, -0.1) is 0 Å². The van der Waals surface area contributed by atoms with Crippen molar-refractivity contribution in [3.8, 4) is 6.07 Å². The summed E-state index contributed by atoms with van der Waals surface area (Å²) < 4.78 is 0. The third kappa shape index (κ3) is 5.48. The summed E-state index contributed by atoms with van der Waals surface area (Å²) in [5.74, 6) is 0. The molecule has 2 rings (SSSR count). The largest absolute Gasteiger partial charge is 0.395 e. The van der Waals surface area contributed by atoms with Crippen LogP contribution in [0.2, 0.25) is 0 Å². The molecular formula is C19H30N4O. The minimum atomic E-state index is 0.210. The lowest BCUT2D eigenvalue weighted by atomic mass is 10.0. The molecule has 0 amide bonds. The molecule has 0 aliphatic carbocycles. The standard InChI is InChI=1S/C19H30N4O/c1-21-12-8-19(9-13-21)23(14-15-24)16-17-4-6-18(7-5-17)22(2)11-3-10-20/h4-7,19,24H,3,8-9,11-16H2,1-2H3. The normalized spacial score (nSPS) is 16.3. The first-order valence-corrected chi connectivity index (χ1v) is 8.84. The van der Waals surface area contributed by atoms with E-state index in [9.17, 15) is 5.11 Å². The molecule has 24 heavy (non-hydrogen) atoms. The quantitative estimate of drug-likeness (QED) is 0.789. The minimum Gasteiger partial charge on any atom is -0.395 e. The molecule has 0 spiro atoms. The molecule has 0 radical (unpaired) electrons. The number of nitrogens with zero attached hydrogens (tertiary/aromatic N) is 4. The van der Waals surface area contributed by atoms with E-state index < -0.39 is 0 Å². The van der Waals surface area contributed by atoms with Gasteiger partial charge in [-0.3, -0.25) is 4.90 Å². The number of hydrogen-bond acceptors (Lipinski definition) is 5. The molecule has 1 fully saturated rings. The highest BCUT2D eigenvalue weighted by molar-refractivity contribution is 5.46. The van der Waals surface area contributed by atoms with Crippen molar-refractivity contribution in [3.05, 3.63) is 29.8 Å². The van der Waals surface area contributed by atoms with E-state index in [1.807, 2.05) is 7.05 Å². The number of likely N-dealkylation sites (tertiary alicyclic amines) is 1. The molecule has 5 heteroatoms. The fraction of sp³-hybridized carbons (Fsp3) is 0.632. The first-order valence-electron chi connectivity index (χ1n) is 8.84. The van der Waals surface area contributed by atoms with Gasteiger partial charge in [0.05, 0.1) is 19.1 Å². The van der Waals surface area contributed by atoms with Gasteiger partial charge in [-0.2, -0.15) is 5.26 Å². The highest BCUT2D eigenvalue weighted by atomic mass is 16.3. The lowest BCUT2D eigenvalue weighted by Gasteiger charge is -2.37. The third-order valence-electron chi connectivity index (χ3n) is 4.91. The Hall–Kier alpha value is -1.61. The minimum absolute atomic E-state index is 0.210. The summed E-state index contributed by atoms with van der Waals surface area (Å²) in [5.41, 5.74) is 2.42. The summed E-state index contributed by atoms with van der Waals surface area (Å²) in [6.45, 7) is 4.85. The predicted octanol–water partition coefficient (Wildman–Crippen LogP) is 1.92. The molecule has 1 aliphatic heterocycles. The van der Waals surface area contributed by atoms with E-state index in [-0.39, 0.29) is 6.61 Å². The van der Waals surface area contributed by atoms with Crippen molar-refractivity contribution >= 4 is 5.69 Å². The summed E-state index contributed by atoms with van der Waals surface area (Å²) >= 11 is 0. The molecule has 0 saturated carbocycles. The van der Waals surface area contributed by atoms with Crippen LogP contribution >= 0.6 is 0 Å². The van der Waals surface area contributed by atoms with Crippen LogP contribution in [0.4, 0.5) is 5.69 Å². The fourth-order valence-corrected chi connectivity index (χ4v) is 3.32. The van der Waals surface area contributed by atoms with Gasteiger partial charge < -0.3 is 14.9 Å². The number of benzene rings is 1. The van der Waals surface area contributed by atoms with Gasteiger partial charge in [-0.25, -0.2) is 0 Å². The zero-order chi connectivity index (χ0) is 17.4. The van der Waals surface area contributed by atoms with Gasteiger partial charge in [0.15, 0.2) is 0 Å². The van der Waals surface area contributed by atoms with Crippen LogP contribution in [-0.2, 0) is 6.54 Å². The van der Waals surface area contributed by atoms with Crippen LogP contribution in [0.1, 0.15) is 24.8 Å². The SMILES string of the molecule is CN1CCC(N(CCO)Cc2ccc(N(C)CCC#N)cc2)CC1. The average molecular weight is 330 g/mol. The number of rotatable bonds is 8.